The van der Waals surface area contributed by atoms with Gasteiger partial charge >= 0.3 is 6.09 Å². The van der Waals surface area contributed by atoms with E-state index in [1.807, 2.05) is 0 Å². The van der Waals surface area contributed by atoms with Crippen molar-refractivity contribution in [3.8, 4) is 0 Å². The number of amides is 1. The van der Waals surface area contributed by atoms with Gasteiger partial charge in [-0.2, -0.15) is 0 Å². The Bertz CT molecular complexity index is 535. The highest BCUT2D eigenvalue weighted by molar-refractivity contribution is 5.68. The number of carbonyl (C=O) groups excluding carboxylic acids is 1. The molecule has 2 N–H and O–H groups in total. The predicted molar refractivity (Wildman–Crippen MR) is 84.0 cm³/mol. The lowest BCUT2D eigenvalue weighted by Crippen LogP contribution is -2.46. The summed E-state index contributed by atoms with van der Waals surface area (Å²) in [6, 6.07) is 2.32. The minimum Gasteiger partial charge on any atom is -0.444 e. The molecule has 0 aliphatic heterocycles. The Morgan fingerprint density at radius 3 is 2.39 bits per heavy atom. The molecule has 1 rings (SSSR count). The van der Waals surface area contributed by atoms with Crippen molar-refractivity contribution in [2.75, 3.05) is 0 Å². The lowest BCUT2D eigenvalue weighted by molar-refractivity contribution is 0.0425. The number of aliphatic hydroxyl groups is 1. The van der Waals surface area contributed by atoms with Gasteiger partial charge in [-0.05, 0) is 51.3 Å². The molecule has 6 heteroatoms. The summed E-state index contributed by atoms with van der Waals surface area (Å²) in [5.74, 6) is -1.43. The molecule has 0 aromatic heterocycles. The first kappa shape index (κ1) is 19.1. The second-order valence-corrected chi connectivity index (χ2v) is 6.33. The molecule has 0 unspecified atom stereocenters. The first-order valence-electron chi connectivity index (χ1n) is 7.34. The van der Waals surface area contributed by atoms with E-state index < -0.39 is 35.5 Å². The zero-order chi connectivity index (χ0) is 17.6. The van der Waals surface area contributed by atoms with E-state index >= 15 is 0 Å². The van der Waals surface area contributed by atoms with Gasteiger partial charge in [0.2, 0.25) is 0 Å². The van der Waals surface area contributed by atoms with Gasteiger partial charge in [-0.1, -0.05) is 6.08 Å². The summed E-state index contributed by atoms with van der Waals surface area (Å²) in [6.07, 6.45) is 0.121. The molecule has 1 aromatic carbocycles. The quantitative estimate of drug-likeness (QED) is 0.788. The molecule has 0 saturated heterocycles. The zero-order valence-corrected chi connectivity index (χ0v) is 13.6. The van der Waals surface area contributed by atoms with Crippen LogP contribution in [0.25, 0.3) is 0 Å². The van der Waals surface area contributed by atoms with Gasteiger partial charge in [-0.15, -0.1) is 6.58 Å². The topological polar surface area (TPSA) is 58.6 Å². The Balaban J connectivity index is 2.87. The van der Waals surface area contributed by atoms with E-state index in [0.717, 1.165) is 18.2 Å². The fraction of sp³-hybridized carbons (Fsp3) is 0.471. The Morgan fingerprint density at radius 2 is 1.91 bits per heavy atom. The predicted octanol–water partition coefficient (Wildman–Crippen LogP) is 3.34. The summed E-state index contributed by atoms with van der Waals surface area (Å²) in [6.45, 7) is 8.67. The molecule has 128 valence electrons. The fourth-order valence-electron chi connectivity index (χ4n) is 2.06. The summed E-state index contributed by atoms with van der Waals surface area (Å²) in [7, 11) is 0. The van der Waals surface area contributed by atoms with Gasteiger partial charge in [0.05, 0.1) is 12.1 Å². The van der Waals surface area contributed by atoms with Gasteiger partial charge in [-0.25, -0.2) is 13.6 Å². The van der Waals surface area contributed by atoms with Crippen molar-refractivity contribution in [3.05, 3.63) is 48.1 Å². The third-order valence-corrected chi connectivity index (χ3v) is 2.95. The number of carbonyl (C=O) groups is 1. The van der Waals surface area contributed by atoms with Gasteiger partial charge in [0, 0.05) is 6.07 Å². The van der Waals surface area contributed by atoms with Gasteiger partial charge in [-0.3, -0.25) is 0 Å². The third kappa shape index (κ3) is 7.23. The maximum Gasteiger partial charge on any atom is 0.407 e. The van der Waals surface area contributed by atoms with E-state index in [9.17, 15) is 18.7 Å². The zero-order valence-electron chi connectivity index (χ0n) is 13.6. The molecular formula is C17H23F2NO3. The Morgan fingerprint density at radius 1 is 1.35 bits per heavy atom. The summed E-state index contributed by atoms with van der Waals surface area (Å²) in [5, 5.41) is 12.7. The monoisotopic (exact) mass is 327 g/mol. The van der Waals surface area contributed by atoms with Crippen LogP contribution in [0.3, 0.4) is 0 Å². The highest BCUT2D eigenvalue weighted by Gasteiger charge is 2.24. The second-order valence-electron chi connectivity index (χ2n) is 6.33. The van der Waals surface area contributed by atoms with Crippen LogP contribution in [0, 0.1) is 11.6 Å². The summed E-state index contributed by atoms with van der Waals surface area (Å²) >= 11 is 0. The van der Waals surface area contributed by atoms with E-state index in [0.29, 0.717) is 5.56 Å². The van der Waals surface area contributed by atoms with Crippen LogP contribution >= 0.6 is 0 Å². The molecule has 1 aromatic rings. The SMILES string of the molecule is C=CC[C@H](O)[C@H](Cc1cc(F)cc(F)c1)NC(=O)OC(C)(C)C. The molecule has 2 atom stereocenters. The molecule has 0 aliphatic carbocycles. The van der Waals surface area contributed by atoms with Crippen molar-refractivity contribution in [3.63, 3.8) is 0 Å². The summed E-state index contributed by atoms with van der Waals surface area (Å²) in [4.78, 5) is 11.9. The largest absolute Gasteiger partial charge is 0.444 e. The van der Waals surface area contributed by atoms with Crippen molar-refractivity contribution >= 4 is 6.09 Å². The number of hydrogen-bond donors (Lipinski definition) is 2. The maximum absolute atomic E-state index is 13.3. The number of ether oxygens (including phenoxy) is 1. The lowest BCUT2D eigenvalue weighted by atomic mass is 9.99. The number of halogens is 2. The summed E-state index contributed by atoms with van der Waals surface area (Å²) < 4.78 is 31.7. The lowest BCUT2D eigenvalue weighted by Gasteiger charge is -2.26. The Hall–Kier alpha value is -1.95. The third-order valence-electron chi connectivity index (χ3n) is 2.95. The minimum atomic E-state index is -0.952. The van der Waals surface area contributed by atoms with Gasteiger partial charge < -0.3 is 15.2 Å². The Labute approximate surface area is 135 Å². The van der Waals surface area contributed by atoms with Crippen molar-refractivity contribution in [2.24, 2.45) is 0 Å². The molecule has 0 fully saturated rings. The molecule has 0 saturated carbocycles. The molecule has 0 bridgehead atoms. The van der Waals surface area contributed by atoms with Crippen molar-refractivity contribution in [2.45, 2.75) is 51.4 Å². The van der Waals surface area contributed by atoms with E-state index in [1.165, 1.54) is 6.08 Å². The van der Waals surface area contributed by atoms with Crippen LogP contribution in [0.15, 0.2) is 30.9 Å². The molecular weight excluding hydrogens is 304 g/mol. The maximum atomic E-state index is 13.3. The van der Waals surface area contributed by atoms with E-state index in [-0.39, 0.29) is 12.8 Å². The molecule has 4 nitrogen and oxygen atoms in total. The Kier molecular flexibility index (Phi) is 6.69. The number of nitrogens with one attached hydrogen (secondary N) is 1. The van der Waals surface area contributed by atoms with Gasteiger partial charge in [0.1, 0.15) is 17.2 Å². The van der Waals surface area contributed by atoms with Crippen LogP contribution in [0.2, 0.25) is 0 Å². The molecule has 0 radical (unpaired) electrons. The van der Waals surface area contributed by atoms with Gasteiger partial charge in [0.25, 0.3) is 0 Å². The molecule has 23 heavy (non-hydrogen) atoms. The molecule has 0 heterocycles. The van der Waals surface area contributed by atoms with Crippen LogP contribution in [-0.4, -0.2) is 28.9 Å². The number of benzene rings is 1. The van der Waals surface area contributed by atoms with Crippen molar-refractivity contribution in [1.29, 1.82) is 0 Å². The van der Waals surface area contributed by atoms with Crippen molar-refractivity contribution in [1.82, 2.24) is 5.32 Å². The number of aliphatic hydroxyl groups excluding tert-OH is 1. The van der Waals surface area contributed by atoms with Gasteiger partial charge in [0.15, 0.2) is 0 Å². The molecule has 0 aliphatic rings. The van der Waals surface area contributed by atoms with Crippen LogP contribution < -0.4 is 5.32 Å². The first-order chi connectivity index (χ1) is 10.6. The standard InChI is InChI=1S/C17H23F2NO3/c1-5-6-15(21)14(20-16(22)23-17(2,3)4)9-11-7-12(18)10-13(19)8-11/h5,7-8,10,14-15,21H,1,6,9H2,2-4H3,(H,20,22)/t14-,15-/m0/s1. The van der Waals surface area contributed by atoms with E-state index in [4.69, 9.17) is 4.74 Å². The number of rotatable bonds is 6. The highest BCUT2D eigenvalue weighted by atomic mass is 19.1. The average Bonchev–Trinajstić information content (AvgIpc) is 2.34. The second kappa shape index (κ2) is 8.06. The van der Waals surface area contributed by atoms with Crippen LogP contribution in [0.4, 0.5) is 13.6 Å². The van der Waals surface area contributed by atoms with Crippen LogP contribution in [-0.2, 0) is 11.2 Å². The smallest absolute Gasteiger partial charge is 0.407 e. The minimum absolute atomic E-state index is 0.0585. The molecule has 0 spiro atoms. The van der Waals surface area contributed by atoms with Crippen LogP contribution in [0.1, 0.15) is 32.8 Å². The highest BCUT2D eigenvalue weighted by Crippen LogP contribution is 2.14. The summed E-state index contributed by atoms with van der Waals surface area (Å²) in [5.41, 5.74) is -0.366. The average molecular weight is 327 g/mol. The van der Waals surface area contributed by atoms with E-state index in [2.05, 4.69) is 11.9 Å². The molecule has 1 amide bonds. The van der Waals surface area contributed by atoms with E-state index in [1.54, 1.807) is 20.8 Å². The number of alkyl carbamates (subject to hydrolysis) is 1. The first-order valence-corrected chi connectivity index (χ1v) is 7.34. The fourth-order valence-corrected chi connectivity index (χ4v) is 2.06. The van der Waals surface area contributed by atoms with Crippen molar-refractivity contribution < 1.29 is 23.4 Å². The normalized spacial score (nSPS) is 14.0. The van der Waals surface area contributed by atoms with Crippen LogP contribution in [0.5, 0.6) is 0 Å². The number of hydrogen-bond acceptors (Lipinski definition) is 3.